The number of nitrogens with zero attached hydrogens (tertiary/aromatic N) is 3. The first-order valence-corrected chi connectivity index (χ1v) is 11.0. The Hall–Kier alpha value is -2.88. The van der Waals surface area contributed by atoms with Crippen LogP contribution < -0.4 is 4.90 Å². The second-order valence-corrected chi connectivity index (χ2v) is 9.06. The fourth-order valence-corrected chi connectivity index (χ4v) is 4.89. The average Bonchev–Trinajstić information content (AvgIpc) is 3.45. The second-order valence-electron chi connectivity index (χ2n) is 9.06. The Balaban J connectivity index is 1.38. The molecule has 0 bridgehead atoms. The Bertz CT molecular complexity index is 1110. The highest BCUT2D eigenvalue weighted by Crippen LogP contribution is 2.44. The van der Waals surface area contributed by atoms with Gasteiger partial charge in [0.05, 0.1) is 11.1 Å². The summed E-state index contributed by atoms with van der Waals surface area (Å²) in [5.74, 6) is 1.14. The van der Waals surface area contributed by atoms with E-state index in [2.05, 4.69) is 61.2 Å². The monoisotopic (exact) mass is 399 g/mol. The second kappa shape index (κ2) is 7.42. The third kappa shape index (κ3) is 3.34. The molecule has 154 valence electrons. The maximum Gasteiger partial charge on any atom is 0.256 e. The van der Waals surface area contributed by atoms with Crippen molar-refractivity contribution in [3.05, 3.63) is 71.4 Å². The summed E-state index contributed by atoms with van der Waals surface area (Å²) in [6, 6.07) is 18.9. The van der Waals surface area contributed by atoms with Crippen LogP contribution in [0.1, 0.15) is 47.3 Å². The molecule has 0 N–H and O–H groups in total. The molecule has 2 unspecified atom stereocenters. The molecule has 2 aliphatic rings. The van der Waals surface area contributed by atoms with E-state index in [1.807, 2.05) is 24.1 Å². The van der Waals surface area contributed by atoms with Crippen molar-refractivity contribution in [3.63, 3.8) is 0 Å². The van der Waals surface area contributed by atoms with Crippen molar-refractivity contribution in [1.29, 1.82) is 0 Å². The summed E-state index contributed by atoms with van der Waals surface area (Å²) in [5, 5.41) is 1.16. The van der Waals surface area contributed by atoms with E-state index in [0.717, 1.165) is 52.9 Å². The Morgan fingerprint density at radius 3 is 2.73 bits per heavy atom. The Morgan fingerprint density at radius 1 is 1.10 bits per heavy atom. The molecule has 3 atom stereocenters. The number of carbonyl (C=O) groups is 1. The van der Waals surface area contributed by atoms with Gasteiger partial charge in [-0.2, -0.15) is 0 Å². The lowest BCUT2D eigenvalue weighted by Crippen LogP contribution is -2.32. The van der Waals surface area contributed by atoms with Crippen molar-refractivity contribution in [2.24, 2.45) is 5.92 Å². The van der Waals surface area contributed by atoms with Gasteiger partial charge in [0.1, 0.15) is 0 Å². The lowest BCUT2D eigenvalue weighted by atomic mass is 10.0. The lowest BCUT2D eigenvalue weighted by Gasteiger charge is -2.26. The third-order valence-electron chi connectivity index (χ3n) is 6.80. The molecule has 3 aromatic rings. The van der Waals surface area contributed by atoms with Crippen LogP contribution in [0.5, 0.6) is 0 Å². The molecule has 2 heterocycles. The maximum absolute atomic E-state index is 13.6. The number of pyridine rings is 1. The molecule has 2 aromatic carbocycles. The van der Waals surface area contributed by atoms with Crippen LogP contribution in [-0.2, 0) is 0 Å². The van der Waals surface area contributed by atoms with Gasteiger partial charge in [-0.15, -0.1) is 0 Å². The van der Waals surface area contributed by atoms with Gasteiger partial charge in [0.25, 0.3) is 5.91 Å². The van der Waals surface area contributed by atoms with Gasteiger partial charge in [-0.3, -0.25) is 9.78 Å². The van der Waals surface area contributed by atoms with Gasteiger partial charge in [0, 0.05) is 48.9 Å². The van der Waals surface area contributed by atoms with Crippen molar-refractivity contribution in [2.45, 2.75) is 38.6 Å². The number of hydrogen-bond donors (Lipinski definition) is 0. The van der Waals surface area contributed by atoms with E-state index in [1.54, 1.807) is 0 Å². The van der Waals surface area contributed by atoms with E-state index in [-0.39, 0.29) is 11.9 Å². The van der Waals surface area contributed by atoms with Crippen LogP contribution in [0.25, 0.3) is 10.9 Å². The minimum atomic E-state index is 0.135. The molecule has 1 saturated heterocycles. The Morgan fingerprint density at radius 2 is 1.93 bits per heavy atom. The van der Waals surface area contributed by atoms with E-state index < -0.39 is 0 Å². The standard InChI is InChI=1S/C26H29N3O/c1-17-13-14-29(16-17)23-10-6-7-18(2)25(23)26(30)28(3)24-15-20(24)22-12-11-19-8-4-5-9-21(19)27-22/h4-12,17,20,24H,13-16H2,1-3H3/t17-,20?,24?/m0/s1. The largest absolute Gasteiger partial charge is 0.371 e. The zero-order valence-corrected chi connectivity index (χ0v) is 18.0. The van der Waals surface area contributed by atoms with Crippen LogP contribution >= 0.6 is 0 Å². The summed E-state index contributed by atoms with van der Waals surface area (Å²) >= 11 is 0. The molecule has 0 radical (unpaired) electrons. The average molecular weight is 400 g/mol. The van der Waals surface area contributed by atoms with Gasteiger partial charge < -0.3 is 9.80 Å². The van der Waals surface area contributed by atoms with Crippen LogP contribution in [0.4, 0.5) is 5.69 Å². The summed E-state index contributed by atoms with van der Waals surface area (Å²) in [4.78, 5) is 22.8. The molecule has 2 fully saturated rings. The van der Waals surface area contributed by atoms with Crippen LogP contribution in [0.2, 0.25) is 0 Å². The summed E-state index contributed by atoms with van der Waals surface area (Å²) in [6.45, 7) is 6.40. The number of benzene rings is 2. The summed E-state index contributed by atoms with van der Waals surface area (Å²) in [5.41, 5.74) is 5.14. The highest BCUT2D eigenvalue weighted by molar-refractivity contribution is 6.01. The molecule has 1 aliphatic carbocycles. The summed E-state index contributed by atoms with van der Waals surface area (Å²) in [7, 11) is 1.96. The van der Waals surface area contributed by atoms with Gasteiger partial charge in [-0.05, 0) is 49.4 Å². The van der Waals surface area contributed by atoms with Crippen LogP contribution in [0.3, 0.4) is 0 Å². The SMILES string of the molecule is Cc1cccc(N2CC[C@H](C)C2)c1C(=O)N(C)C1CC1c1ccc2ccccc2n1. The Labute approximate surface area is 178 Å². The summed E-state index contributed by atoms with van der Waals surface area (Å²) in [6.07, 6.45) is 2.17. The van der Waals surface area contributed by atoms with Gasteiger partial charge in [-0.1, -0.05) is 43.3 Å². The molecule has 4 nitrogen and oxygen atoms in total. The van der Waals surface area contributed by atoms with Crippen molar-refractivity contribution in [3.8, 4) is 0 Å². The number of hydrogen-bond acceptors (Lipinski definition) is 3. The quantitative estimate of drug-likeness (QED) is 0.618. The topological polar surface area (TPSA) is 36.4 Å². The number of aromatic nitrogens is 1. The first-order chi connectivity index (χ1) is 14.5. The Kier molecular flexibility index (Phi) is 4.73. The predicted molar refractivity (Wildman–Crippen MR) is 122 cm³/mol. The third-order valence-corrected chi connectivity index (χ3v) is 6.80. The van der Waals surface area contributed by atoms with Crippen molar-refractivity contribution in [1.82, 2.24) is 9.88 Å². The molecule has 1 aromatic heterocycles. The van der Waals surface area contributed by atoms with Gasteiger partial charge in [0.2, 0.25) is 0 Å². The summed E-state index contributed by atoms with van der Waals surface area (Å²) < 4.78 is 0. The van der Waals surface area contributed by atoms with E-state index in [4.69, 9.17) is 4.98 Å². The van der Waals surface area contributed by atoms with Gasteiger partial charge >= 0.3 is 0 Å². The number of rotatable bonds is 4. The predicted octanol–water partition coefficient (Wildman–Crippen LogP) is 5.02. The molecule has 5 rings (SSSR count). The molecule has 1 amide bonds. The highest BCUT2D eigenvalue weighted by Gasteiger charge is 2.45. The van der Waals surface area contributed by atoms with E-state index >= 15 is 0 Å². The molecule has 4 heteroatoms. The molecule has 1 saturated carbocycles. The molecular formula is C26H29N3O. The number of carbonyl (C=O) groups excluding carboxylic acids is 1. The number of fused-ring (bicyclic) bond motifs is 1. The highest BCUT2D eigenvalue weighted by atomic mass is 16.2. The van der Waals surface area contributed by atoms with Crippen molar-refractivity contribution in [2.75, 3.05) is 25.0 Å². The zero-order valence-electron chi connectivity index (χ0n) is 18.0. The number of likely N-dealkylation sites (N-methyl/N-ethyl adjacent to an activating group) is 1. The van der Waals surface area contributed by atoms with Crippen LogP contribution in [0.15, 0.2) is 54.6 Å². The number of amides is 1. The minimum Gasteiger partial charge on any atom is -0.371 e. The van der Waals surface area contributed by atoms with Gasteiger partial charge in [-0.25, -0.2) is 0 Å². The minimum absolute atomic E-state index is 0.135. The van der Waals surface area contributed by atoms with Crippen LogP contribution in [0, 0.1) is 12.8 Å². The van der Waals surface area contributed by atoms with Crippen molar-refractivity contribution >= 4 is 22.5 Å². The van der Waals surface area contributed by atoms with E-state index in [1.165, 1.54) is 6.42 Å². The number of anilines is 1. The fraction of sp³-hybridized carbons (Fsp3) is 0.385. The molecule has 30 heavy (non-hydrogen) atoms. The lowest BCUT2D eigenvalue weighted by molar-refractivity contribution is 0.0782. The fourth-order valence-electron chi connectivity index (χ4n) is 4.89. The van der Waals surface area contributed by atoms with Crippen LogP contribution in [-0.4, -0.2) is 42.0 Å². The molecular weight excluding hydrogens is 370 g/mol. The van der Waals surface area contributed by atoms with Crippen molar-refractivity contribution < 1.29 is 4.79 Å². The first kappa shape index (κ1) is 19.1. The number of aryl methyl sites for hydroxylation is 1. The zero-order chi connectivity index (χ0) is 20.8. The first-order valence-electron chi connectivity index (χ1n) is 11.0. The smallest absolute Gasteiger partial charge is 0.256 e. The van der Waals surface area contributed by atoms with E-state index in [0.29, 0.717) is 11.8 Å². The van der Waals surface area contributed by atoms with Gasteiger partial charge in [0.15, 0.2) is 0 Å². The molecule has 0 spiro atoms. The normalized spacial score (nSPS) is 23.0. The molecule has 1 aliphatic heterocycles. The number of para-hydroxylation sites is 1. The maximum atomic E-state index is 13.6. The van der Waals surface area contributed by atoms with E-state index in [9.17, 15) is 4.79 Å².